The normalized spacial score (nSPS) is 30.2. The first-order chi connectivity index (χ1) is 12.7. The number of nitrogens with one attached hydrogen (secondary N) is 2. The third kappa shape index (κ3) is 3.84. The second-order valence-corrected chi connectivity index (χ2v) is 7.28. The molecule has 0 spiro atoms. The van der Waals surface area contributed by atoms with Crippen LogP contribution in [0.5, 0.6) is 0 Å². The summed E-state index contributed by atoms with van der Waals surface area (Å²) in [4.78, 5) is 13.4. The lowest BCUT2D eigenvalue weighted by Gasteiger charge is -2.19. The second kappa shape index (κ2) is 7.90. The number of allylic oxidation sites excluding steroid dienone is 1. The first-order valence-corrected chi connectivity index (χ1v) is 9.63. The topological polar surface area (TPSA) is 80.7 Å². The van der Waals surface area contributed by atoms with Crippen molar-refractivity contribution in [1.82, 2.24) is 9.97 Å². The number of rotatable bonds is 6. The van der Waals surface area contributed by atoms with Gasteiger partial charge in [0.1, 0.15) is 11.1 Å². The standard InChI is InChI=1S/C18H24ClN5O2/c1-2-3-11-4-5-12(8-20-11)22-18-21-9-13(19)17(24-18)23-14-10-26-15-6-7-25-16(14)15/h5,8-9,11,14-16H,2-4,6-7,10H2,1H3,(H2,21,22,23,24)/t11?,14-,15?,16?/m1/s1. The predicted octanol–water partition coefficient (Wildman–Crippen LogP) is 3.04. The van der Waals surface area contributed by atoms with Crippen molar-refractivity contribution in [3.05, 3.63) is 23.0 Å². The summed E-state index contributed by atoms with van der Waals surface area (Å²) < 4.78 is 11.5. The van der Waals surface area contributed by atoms with Gasteiger partial charge in [-0.3, -0.25) is 4.99 Å². The molecule has 140 valence electrons. The molecule has 2 saturated heterocycles. The zero-order chi connectivity index (χ0) is 17.9. The van der Waals surface area contributed by atoms with Gasteiger partial charge in [-0.1, -0.05) is 31.0 Å². The number of hydrogen-bond donors (Lipinski definition) is 2. The molecule has 1 aromatic heterocycles. The zero-order valence-electron chi connectivity index (χ0n) is 14.8. The van der Waals surface area contributed by atoms with Gasteiger partial charge >= 0.3 is 0 Å². The summed E-state index contributed by atoms with van der Waals surface area (Å²) in [6.07, 6.45) is 9.96. The lowest BCUT2D eigenvalue weighted by atomic mass is 10.1. The smallest absolute Gasteiger partial charge is 0.229 e. The lowest BCUT2D eigenvalue weighted by molar-refractivity contribution is 0.0718. The molecule has 0 amide bonds. The minimum absolute atomic E-state index is 0.0491. The fourth-order valence-corrected chi connectivity index (χ4v) is 3.74. The van der Waals surface area contributed by atoms with Crippen LogP contribution in [0.25, 0.3) is 0 Å². The fourth-order valence-electron chi connectivity index (χ4n) is 3.60. The first-order valence-electron chi connectivity index (χ1n) is 9.25. The molecule has 4 heterocycles. The molecule has 0 aliphatic carbocycles. The Morgan fingerprint density at radius 1 is 1.35 bits per heavy atom. The average Bonchev–Trinajstić information content (AvgIpc) is 3.25. The molecule has 0 aromatic carbocycles. The van der Waals surface area contributed by atoms with E-state index in [9.17, 15) is 0 Å². The van der Waals surface area contributed by atoms with E-state index in [2.05, 4.69) is 38.6 Å². The molecule has 0 bridgehead atoms. The van der Waals surface area contributed by atoms with Crippen LogP contribution in [-0.2, 0) is 9.47 Å². The van der Waals surface area contributed by atoms with Crippen molar-refractivity contribution < 1.29 is 9.47 Å². The minimum atomic E-state index is 0.0491. The van der Waals surface area contributed by atoms with Gasteiger partial charge < -0.3 is 20.1 Å². The van der Waals surface area contributed by atoms with E-state index in [0.29, 0.717) is 29.4 Å². The molecule has 2 fully saturated rings. The third-order valence-electron chi connectivity index (χ3n) is 4.94. The highest BCUT2D eigenvalue weighted by atomic mass is 35.5. The Morgan fingerprint density at radius 3 is 3.08 bits per heavy atom. The number of halogens is 1. The van der Waals surface area contributed by atoms with Gasteiger partial charge in [-0.2, -0.15) is 4.98 Å². The minimum Gasteiger partial charge on any atom is -0.373 e. The van der Waals surface area contributed by atoms with Crippen molar-refractivity contribution in [2.75, 3.05) is 23.8 Å². The second-order valence-electron chi connectivity index (χ2n) is 6.88. The Labute approximate surface area is 158 Å². The Kier molecular flexibility index (Phi) is 5.38. The van der Waals surface area contributed by atoms with E-state index in [0.717, 1.165) is 38.0 Å². The quantitative estimate of drug-likeness (QED) is 0.793. The Morgan fingerprint density at radius 2 is 2.27 bits per heavy atom. The van der Waals surface area contributed by atoms with Crippen LogP contribution in [-0.4, -0.2) is 53.7 Å². The number of dihydropyridines is 1. The largest absolute Gasteiger partial charge is 0.373 e. The van der Waals surface area contributed by atoms with Crippen LogP contribution < -0.4 is 10.6 Å². The molecule has 26 heavy (non-hydrogen) atoms. The molecule has 4 rings (SSSR count). The van der Waals surface area contributed by atoms with Crippen molar-refractivity contribution >= 4 is 29.6 Å². The van der Waals surface area contributed by atoms with Crippen molar-refractivity contribution in [2.45, 2.75) is 56.9 Å². The van der Waals surface area contributed by atoms with Crippen LogP contribution >= 0.6 is 11.6 Å². The highest BCUT2D eigenvalue weighted by Gasteiger charge is 2.42. The molecule has 1 aromatic rings. The maximum absolute atomic E-state index is 6.28. The number of hydrogen-bond acceptors (Lipinski definition) is 7. The van der Waals surface area contributed by atoms with Gasteiger partial charge in [0.05, 0.1) is 36.7 Å². The fraction of sp³-hybridized carbons (Fsp3) is 0.611. The summed E-state index contributed by atoms with van der Waals surface area (Å²) in [6.45, 7) is 3.51. The number of aromatic nitrogens is 2. The summed E-state index contributed by atoms with van der Waals surface area (Å²) in [5, 5.41) is 7.04. The molecule has 3 aliphatic heterocycles. The van der Waals surface area contributed by atoms with Crippen LogP contribution in [0.1, 0.15) is 32.6 Å². The van der Waals surface area contributed by atoms with E-state index in [1.54, 1.807) is 6.20 Å². The SMILES string of the molecule is CCCC1CC=C(Nc2ncc(Cl)c(N[C@@H]3COC4CCOC43)n2)C=N1. The van der Waals surface area contributed by atoms with Gasteiger partial charge in [0.15, 0.2) is 5.82 Å². The maximum Gasteiger partial charge on any atom is 0.229 e. The van der Waals surface area contributed by atoms with Gasteiger partial charge in [0, 0.05) is 12.8 Å². The number of nitrogens with zero attached hydrogens (tertiary/aromatic N) is 3. The Balaban J connectivity index is 1.41. The van der Waals surface area contributed by atoms with Crippen molar-refractivity contribution in [3.63, 3.8) is 0 Å². The number of fused-ring (bicyclic) bond motifs is 1. The lowest BCUT2D eigenvalue weighted by Crippen LogP contribution is -2.34. The van der Waals surface area contributed by atoms with Crippen molar-refractivity contribution in [3.8, 4) is 0 Å². The first kappa shape index (κ1) is 17.7. The van der Waals surface area contributed by atoms with E-state index in [4.69, 9.17) is 21.1 Å². The molecule has 8 heteroatoms. The van der Waals surface area contributed by atoms with Crippen molar-refractivity contribution in [2.24, 2.45) is 4.99 Å². The maximum atomic E-state index is 6.28. The van der Waals surface area contributed by atoms with Gasteiger partial charge in [-0.05, 0) is 19.3 Å². The van der Waals surface area contributed by atoms with E-state index in [1.165, 1.54) is 0 Å². The summed E-state index contributed by atoms with van der Waals surface area (Å²) >= 11 is 6.28. The molecular weight excluding hydrogens is 354 g/mol. The molecule has 2 N–H and O–H groups in total. The van der Waals surface area contributed by atoms with Crippen molar-refractivity contribution in [1.29, 1.82) is 0 Å². The molecule has 0 radical (unpaired) electrons. The van der Waals surface area contributed by atoms with Crippen LogP contribution in [0.3, 0.4) is 0 Å². The highest BCUT2D eigenvalue weighted by Crippen LogP contribution is 2.30. The summed E-state index contributed by atoms with van der Waals surface area (Å²) in [6, 6.07) is 0.434. The molecule has 4 atom stereocenters. The van der Waals surface area contributed by atoms with Crippen LogP contribution in [0.4, 0.5) is 11.8 Å². The highest BCUT2D eigenvalue weighted by molar-refractivity contribution is 6.32. The molecular formula is C18H24ClN5O2. The number of aliphatic imine (C=N–C) groups is 1. The van der Waals surface area contributed by atoms with Crippen LogP contribution in [0.15, 0.2) is 23.0 Å². The summed E-state index contributed by atoms with van der Waals surface area (Å²) in [5.41, 5.74) is 0.911. The monoisotopic (exact) mass is 377 g/mol. The molecule has 3 unspecified atom stereocenters. The number of anilines is 2. The average molecular weight is 378 g/mol. The number of ether oxygens (including phenoxy) is 2. The molecule has 3 aliphatic rings. The van der Waals surface area contributed by atoms with Crippen LogP contribution in [0.2, 0.25) is 5.02 Å². The van der Waals surface area contributed by atoms with E-state index in [1.807, 2.05) is 6.21 Å². The summed E-state index contributed by atoms with van der Waals surface area (Å²) in [7, 11) is 0. The zero-order valence-corrected chi connectivity index (χ0v) is 15.6. The van der Waals surface area contributed by atoms with E-state index < -0.39 is 0 Å². The van der Waals surface area contributed by atoms with Gasteiger partial charge in [0.2, 0.25) is 5.95 Å². The van der Waals surface area contributed by atoms with Crippen LogP contribution in [0, 0.1) is 0 Å². The Hall–Kier alpha value is -1.70. The third-order valence-corrected chi connectivity index (χ3v) is 5.22. The Bertz CT molecular complexity index is 711. The summed E-state index contributed by atoms with van der Waals surface area (Å²) in [5.74, 6) is 1.08. The molecule has 7 nitrogen and oxygen atoms in total. The van der Waals surface area contributed by atoms with Gasteiger partial charge in [0.25, 0.3) is 0 Å². The predicted molar refractivity (Wildman–Crippen MR) is 102 cm³/mol. The van der Waals surface area contributed by atoms with Gasteiger partial charge in [-0.15, -0.1) is 0 Å². The van der Waals surface area contributed by atoms with Gasteiger partial charge in [-0.25, -0.2) is 4.98 Å². The van der Waals surface area contributed by atoms with E-state index in [-0.39, 0.29) is 18.2 Å². The van der Waals surface area contributed by atoms with E-state index >= 15 is 0 Å². The molecule has 0 saturated carbocycles.